The molecule has 27 heavy (non-hydrogen) atoms. The van der Waals surface area contributed by atoms with E-state index in [4.69, 9.17) is 4.42 Å². The van der Waals surface area contributed by atoms with Crippen LogP contribution in [0.5, 0.6) is 0 Å². The fourth-order valence-electron chi connectivity index (χ4n) is 2.98. The van der Waals surface area contributed by atoms with Gasteiger partial charge in [0.15, 0.2) is 5.82 Å². The van der Waals surface area contributed by atoms with Gasteiger partial charge in [-0.15, -0.1) is 5.10 Å². The predicted molar refractivity (Wildman–Crippen MR) is 105 cm³/mol. The molecule has 0 bridgehead atoms. The average Bonchev–Trinajstić information content (AvgIpc) is 3.22. The molecule has 0 spiro atoms. The van der Waals surface area contributed by atoms with E-state index in [2.05, 4.69) is 54.8 Å². The van der Waals surface area contributed by atoms with Gasteiger partial charge in [0.25, 0.3) is 0 Å². The number of hydrogen-bond donors (Lipinski definition) is 2. The number of anilines is 4. The Hall–Kier alpha value is -3.13. The van der Waals surface area contributed by atoms with Gasteiger partial charge in [-0.1, -0.05) is 0 Å². The number of benzene rings is 1. The van der Waals surface area contributed by atoms with E-state index in [-0.39, 0.29) is 0 Å². The first kappa shape index (κ1) is 17.3. The van der Waals surface area contributed by atoms with Gasteiger partial charge < -0.3 is 24.9 Å². The molecule has 0 aliphatic carbocycles. The lowest BCUT2D eigenvalue weighted by atomic mass is 10.2. The Morgan fingerprint density at radius 3 is 2.63 bits per heavy atom. The van der Waals surface area contributed by atoms with Crippen molar-refractivity contribution in [3.8, 4) is 0 Å². The van der Waals surface area contributed by atoms with Crippen LogP contribution in [-0.2, 0) is 6.54 Å². The number of hydrogen-bond acceptors (Lipinski definition) is 8. The van der Waals surface area contributed by atoms with Crippen LogP contribution < -0.4 is 15.5 Å². The lowest BCUT2D eigenvalue weighted by Gasteiger charge is -2.34. The fraction of sp³-hybridized carbons (Fsp3) is 0.316. The Kier molecular flexibility index (Phi) is 5.15. The van der Waals surface area contributed by atoms with Crippen molar-refractivity contribution in [3.63, 3.8) is 0 Å². The van der Waals surface area contributed by atoms with Gasteiger partial charge in [0.2, 0.25) is 5.95 Å². The fourth-order valence-corrected chi connectivity index (χ4v) is 2.98. The number of piperazine rings is 1. The molecular formula is C19H23N7O. The molecule has 2 aromatic heterocycles. The molecule has 0 saturated carbocycles. The Bertz CT molecular complexity index is 843. The Labute approximate surface area is 158 Å². The molecule has 0 radical (unpaired) electrons. The molecule has 1 aliphatic rings. The molecule has 140 valence electrons. The summed E-state index contributed by atoms with van der Waals surface area (Å²) in [5, 5.41) is 14.4. The van der Waals surface area contributed by atoms with E-state index < -0.39 is 0 Å². The Morgan fingerprint density at radius 2 is 1.89 bits per heavy atom. The summed E-state index contributed by atoms with van der Waals surface area (Å²) in [6, 6.07) is 12.1. The van der Waals surface area contributed by atoms with E-state index in [1.54, 1.807) is 12.5 Å². The second-order valence-electron chi connectivity index (χ2n) is 6.56. The SMILES string of the molecule is CN1CCN(c2ccc(Nc3nncc(NCc4ccco4)n3)cc2)CC1. The van der Waals surface area contributed by atoms with Gasteiger partial charge in [0.1, 0.15) is 5.76 Å². The molecule has 0 amide bonds. The number of likely N-dealkylation sites (N-methyl/N-ethyl adjacent to an activating group) is 1. The minimum absolute atomic E-state index is 0.451. The second kappa shape index (κ2) is 8.05. The third kappa shape index (κ3) is 4.53. The maximum Gasteiger partial charge on any atom is 0.249 e. The van der Waals surface area contributed by atoms with Gasteiger partial charge >= 0.3 is 0 Å². The highest BCUT2D eigenvalue weighted by Crippen LogP contribution is 2.21. The largest absolute Gasteiger partial charge is 0.467 e. The number of furan rings is 1. The summed E-state index contributed by atoms with van der Waals surface area (Å²) in [6.07, 6.45) is 3.23. The Balaban J connectivity index is 1.36. The van der Waals surface area contributed by atoms with Crippen molar-refractivity contribution in [1.82, 2.24) is 20.1 Å². The summed E-state index contributed by atoms with van der Waals surface area (Å²) in [5.41, 5.74) is 2.17. The molecule has 1 aromatic carbocycles. The highest BCUT2D eigenvalue weighted by molar-refractivity contribution is 5.59. The molecule has 3 aromatic rings. The lowest BCUT2D eigenvalue weighted by molar-refractivity contribution is 0.313. The second-order valence-corrected chi connectivity index (χ2v) is 6.56. The zero-order chi connectivity index (χ0) is 18.5. The zero-order valence-corrected chi connectivity index (χ0v) is 15.3. The maximum absolute atomic E-state index is 5.30. The van der Waals surface area contributed by atoms with E-state index in [0.717, 1.165) is 37.6 Å². The van der Waals surface area contributed by atoms with Gasteiger partial charge in [-0.05, 0) is 43.4 Å². The van der Waals surface area contributed by atoms with E-state index in [1.165, 1.54) is 5.69 Å². The molecule has 4 rings (SSSR count). The molecular weight excluding hydrogens is 342 g/mol. The van der Waals surface area contributed by atoms with E-state index in [1.807, 2.05) is 24.3 Å². The molecule has 1 fully saturated rings. The van der Waals surface area contributed by atoms with Crippen LogP contribution in [0.3, 0.4) is 0 Å². The van der Waals surface area contributed by atoms with Crippen molar-refractivity contribution in [2.75, 3.05) is 48.8 Å². The van der Waals surface area contributed by atoms with Crippen molar-refractivity contribution in [1.29, 1.82) is 0 Å². The van der Waals surface area contributed by atoms with Gasteiger partial charge in [-0.2, -0.15) is 10.1 Å². The van der Waals surface area contributed by atoms with Crippen molar-refractivity contribution < 1.29 is 4.42 Å². The smallest absolute Gasteiger partial charge is 0.249 e. The van der Waals surface area contributed by atoms with Crippen molar-refractivity contribution in [3.05, 3.63) is 54.6 Å². The molecule has 1 aliphatic heterocycles. The number of nitrogens with zero attached hydrogens (tertiary/aromatic N) is 5. The first-order valence-corrected chi connectivity index (χ1v) is 9.03. The summed E-state index contributed by atoms with van der Waals surface area (Å²) in [6.45, 7) is 4.85. The number of nitrogens with one attached hydrogen (secondary N) is 2. The summed E-state index contributed by atoms with van der Waals surface area (Å²) in [7, 11) is 2.16. The number of rotatable bonds is 6. The van der Waals surface area contributed by atoms with Crippen LogP contribution in [-0.4, -0.2) is 53.3 Å². The predicted octanol–water partition coefficient (Wildman–Crippen LogP) is 2.57. The summed E-state index contributed by atoms with van der Waals surface area (Å²) < 4.78 is 5.30. The highest BCUT2D eigenvalue weighted by atomic mass is 16.3. The Morgan fingerprint density at radius 1 is 1.07 bits per heavy atom. The molecule has 8 nitrogen and oxygen atoms in total. The summed E-state index contributed by atoms with van der Waals surface area (Å²) >= 11 is 0. The van der Waals surface area contributed by atoms with Crippen LogP contribution in [0.15, 0.2) is 53.3 Å². The summed E-state index contributed by atoms with van der Waals surface area (Å²) in [4.78, 5) is 9.19. The molecule has 0 unspecified atom stereocenters. The quantitative estimate of drug-likeness (QED) is 0.690. The normalized spacial score (nSPS) is 14.9. The van der Waals surface area contributed by atoms with Gasteiger partial charge in [0.05, 0.1) is 19.0 Å². The van der Waals surface area contributed by atoms with Gasteiger partial charge in [-0.3, -0.25) is 0 Å². The third-order valence-corrected chi connectivity index (χ3v) is 4.57. The topological polar surface area (TPSA) is 82.4 Å². The van der Waals surface area contributed by atoms with Crippen molar-refractivity contribution in [2.24, 2.45) is 0 Å². The van der Waals surface area contributed by atoms with Crippen LogP contribution in [0.25, 0.3) is 0 Å². The zero-order valence-electron chi connectivity index (χ0n) is 15.3. The standard InChI is InChI=1S/C19H23N7O/c1-25-8-10-26(11-9-25)16-6-4-15(5-7-16)22-19-23-18(14-21-24-19)20-13-17-3-2-12-27-17/h2-7,12,14H,8-11,13H2,1H3,(H2,20,22,23,24). The highest BCUT2D eigenvalue weighted by Gasteiger charge is 2.14. The van der Waals surface area contributed by atoms with Gasteiger partial charge in [-0.25, -0.2) is 0 Å². The molecule has 0 atom stereocenters. The maximum atomic E-state index is 5.30. The van der Waals surface area contributed by atoms with E-state index >= 15 is 0 Å². The third-order valence-electron chi connectivity index (χ3n) is 4.57. The lowest BCUT2D eigenvalue weighted by Crippen LogP contribution is -2.44. The van der Waals surface area contributed by atoms with Crippen molar-refractivity contribution in [2.45, 2.75) is 6.54 Å². The molecule has 1 saturated heterocycles. The van der Waals surface area contributed by atoms with E-state index in [9.17, 15) is 0 Å². The van der Waals surface area contributed by atoms with Crippen LogP contribution >= 0.6 is 0 Å². The molecule has 3 heterocycles. The van der Waals surface area contributed by atoms with Crippen LogP contribution in [0, 0.1) is 0 Å². The minimum Gasteiger partial charge on any atom is -0.467 e. The molecule has 8 heteroatoms. The van der Waals surface area contributed by atoms with E-state index in [0.29, 0.717) is 18.3 Å². The van der Waals surface area contributed by atoms with Gasteiger partial charge in [0, 0.05) is 37.6 Å². The van der Waals surface area contributed by atoms with Crippen LogP contribution in [0.2, 0.25) is 0 Å². The monoisotopic (exact) mass is 365 g/mol. The van der Waals surface area contributed by atoms with Crippen LogP contribution in [0.4, 0.5) is 23.1 Å². The van der Waals surface area contributed by atoms with Crippen molar-refractivity contribution >= 4 is 23.1 Å². The summed E-state index contributed by atoms with van der Waals surface area (Å²) in [5.74, 6) is 1.92. The average molecular weight is 365 g/mol. The first-order chi connectivity index (χ1) is 13.3. The number of aromatic nitrogens is 3. The first-order valence-electron chi connectivity index (χ1n) is 9.03. The van der Waals surface area contributed by atoms with Crippen LogP contribution in [0.1, 0.15) is 5.76 Å². The minimum atomic E-state index is 0.451. The molecule has 2 N–H and O–H groups in total.